The molecule has 1 aliphatic carbocycles. The molecule has 2 N–H and O–H groups in total. The molecule has 1 aliphatic rings. The van der Waals surface area contributed by atoms with Crippen molar-refractivity contribution in [3.63, 3.8) is 0 Å². The molecule has 1 fully saturated rings. The van der Waals surface area contributed by atoms with Crippen LogP contribution in [0.15, 0.2) is 24.3 Å². The topological polar surface area (TPSA) is 55.6 Å². The van der Waals surface area contributed by atoms with Gasteiger partial charge in [-0.15, -0.1) is 0 Å². The molecule has 0 unspecified atom stereocenters. The number of rotatable bonds is 7. The fourth-order valence-corrected chi connectivity index (χ4v) is 2.85. The van der Waals surface area contributed by atoms with Crippen LogP contribution in [0.25, 0.3) is 0 Å². The molecular formula is C17H26N2O2. The van der Waals surface area contributed by atoms with E-state index in [4.69, 9.17) is 10.5 Å². The second-order valence-corrected chi connectivity index (χ2v) is 5.73. The van der Waals surface area contributed by atoms with Crippen LogP contribution in [0.3, 0.4) is 0 Å². The molecule has 0 spiro atoms. The van der Waals surface area contributed by atoms with E-state index in [-0.39, 0.29) is 5.91 Å². The number of amides is 1. The van der Waals surface area contributed by atoms with Crippen LogP contribution >= 0.6 is 0 Å². The Balaban J connectivity index is 1.84. The average molecular weight is 290 g/mol. The summed E-state index contributed by atoms with van der Waals surface area (Å²) in [4.78, 5) is 14.3. The fraction of sp³-hybridized carbons (Fsp3) is 0.588. The van der Waals surface area contributed by atoms with E-state index in [1.807, 2.05) is 43.0 Å². The van der Waals surface area contributed by atoms with Crippen molar-refractivity contribution in [1.82, 2.24) is 4.90 Å². The first-order chi connectivity index (χ1) is 10.1. The second kappa shape index (κ2) is 7.46. The largest absolute Gasteiger partial charge is 0.398 e. The van der Waals surface area contributed by atoms with Gasteiger partial charge in [-0.1, -0.05) is 18.2 Å². The van der Waals surface area contributed by atoms with Crippen molar-refractivity contribution < 1.29 is 9.53 Å². The molecular weight excluding hydrogens is 264 g/mol. The molecule has 1 amide bonds. The number of carbonyl (C=O) groups is 1. The van der Waals surface area contributed by atoms with Crippen molar-refractivity contribution in [1.29, 1.82) is 0 Å². The Bertz CT molecular complexity index is 470. The van der Waals surface area contributed by atoms with Crippen molar-refractivity contribution in [2.75, 3.05) is 18.9 Å². The third-order valence-corrected chi connectivity index (χ3v) is 4.21. The summed E-state index contributed by atoms with van der Waals surface area (Å²) in [5, 5.41) is 0. The van der Waals surface area contributed by atoms with Crippen molar-refractivity contribution in [3.05, 3.63) is 29.8 Å². The maximum absolute atomic E-state index is 12.4. The zero-order valence-electron chi connectivity index (χ0n) is 13.0. The fourth-order valence-electron chi connectivity index (χ4n) is 2.85. The smallest absolute Gasteiger partial charge is 0.223 e. The number of nitrogens with two attached hydrogens (primary N) is 1. The Kier molecular flexibility index (Phi) is 5.62. The van der Waals surface area contributed by atoms with Gasteiger partial charge in [0.1, 0.15) is 0 Å². The van der Waals surface area contributed by atoms with Gasteiger partial charge in [-0.3, -0.25) is 4.79 Å². The number of para-hydroxylation sites is 1. The van der Waals surface area contributed by atoms with Gasteiger partial charge in [0, 0.05) is 31.8 Å². The Morgan fingerprint density at radius 1 is 1.33 bits per heavy atom. The van der Waals surface area contributed by atoms with Crippen LogP contribution in [0.5, 0.6) is 0 Å². The standard InChI is InChI=1S/C17H26N2O2/c1-3-19(12-14-7-5-6-8-16(14)18)17(20)11-13-9-15(10-13)21-4-2/h5-8,13,15H,3-4,9-12,18H2,1-2H3. The first-order valence-electron chi connectivity index (χ1n) is 7.86. The average Bonchev–Trinajstić information content (AvgIpc) is 2.44. The van der Waals surface area contributed by atoms with Gasteiger partial charge in [0.2, 0.25) is 5.91 Å². The molecule has 2 rings (SSSR count). The van der Waals surface area contributed by atoms with E-state index < -0.39 is 0 Å². The quantitative estimate of drug-likeness (QED) is 0.786. The first-order valence-corrected chi connectivity index (χ1v) is 7.86. The summed E-state index contributed by atoms with van der Waals surface area (Å²) in [5.41, 5.74) is 7.73. The van der Waals surface area contributed by atoms with E-state index in [9.17, 15) is 4.79 Å². The lowest BCUT2D eigenvalue weighted by Gasteiger charge is -2.35. The van der Waals surface area contributed by atoms with Gasteiger partial charge in [-0.25, -0.2) is 0 Å². The second-order valence-electron chi connectivity index (χ2n) is 5.73. The van der Waals surface area contributed by atoms with E-state index in [2.05, 4.69) is 0 Å². The predicted molar refractivity (Wildman–Crippen MR) is 84.7 cm³/mol. The summed E-state index contributed by atoms with van der Waals surface area (Å²) in [6, 6.07) is 7.74. The minimum Gasteiger partial charge on any atom is -0.398 e. The maximum Gasteiger partial charge on any atom is 0.223 e. The van der Waals surface area contributed by atoms with Gasteiger partial charge in [0.25, 0.3) is 0 Å². The lowest BCUT2D eigenvalue weighted by Crippen LogP contribution is -2.37. The zero-order valence-corrected chi connectivity index (χ0v) is 13.0. The molecule has 4 heteroatoms. The normalized spacial score (nSPS) is 20.9. The Labute approximate surface area is 127 Å². The van der Waals surface area contributed by atoms with Gasteiger partial charge < -0.3 is 15.4 Å². The number of benzene rings is 1. The third-order valence-electron chi connectivity index (χ3n) is 4.21. The van der Waals surface area contributed by atoms with Gasteiger partial charge in [0.05, 0.1) is 6.10 Å². The number of hydrogen-bond donors (Lipinski definition) is 1. The van der Waals surface area contributed by atoms with Crippen LogP contribution in [-0.4, -0.2) is 30.1 Å². The molecule has 0 radical (unpaired) electrons. The number of ether oxygens (including phenoxy) is 1. The van der Waals surface area contributed by atoms with Gasteiger partial charge in [0.15, 0.2) is 0 Å². The molecule has 1 aromatic rings. The molecule has 0 aromatic heterocycles. The van der Waals surface area contributed by atoms with E-state index >= 15 is 0 Å². The van der Waals surface area contributed by atoms with E-state index in [0.29, 0.717) is 25.0 Å². The van der Waals surface area contributed by atoms with Crippen LogP contribution in [0, 0.1) is 5.92 Å². The van der Waals surface area contributed by atoms with Crippen LogP contribution in [-0.2, 0) is 16.1 Å². The number of anilines is 1. The maximum atomic E-state index is 12.4. The number of carbonyl (C=O) groups excluding carboxylic acids is 1. The highest BCUT2D eigenvalue weighted by atomic mass is 16.5. The Morgan fingerprint density at radius 3 is 2.67 bits per heavy atom. The van der Waals surface area contributed by atoms with Crippen LogP contribution < -0.4 is 5.73 Å². The van der Waals surface area contributed by atoms with E-state index in [1.54, 1.807) is 0 Å². The number of nitrogens with zero attached hydrogens (tertiary/aromatic N) is 1. The lowest BCUT2D eigenvalue weighted by molar-refractivity contribution is -0.134. The minimum atomic E-state index is 0.223. The minimum absolute atomic E-state index is 0.223. The van der Waals surface area contributed by atoms with Crippen molar-refractivity contribution in [3.8, 4) is 0 Å². The highest BCUT2D eigenvalue weighted by molar-refractivity contribution is 5.76. The summed E-state index contributed by atoms with van der Waals surface area (Å²) in [6.45, 7) is 6.11. The van der Waals surface area contributed by atoms with Crippen LogP contribution in [0.2, 0.25) is 0 Å². The van der Waals surface area contributed by atoms with Gasteiger partial charge in [-0.2, -0.15) is 0 Å². The van der Waals surface area contributed by atoms with Crippen molar-refractivity contribution in [2.24, 2.45) is 5.92 Å². The molecule has 4 nitrogen and oxygen atoms in total. The van der Waals surface area contributed by atoms with Crippen molar-refractivity contribution in [2.45, 2.75) is 45.8 Å². The molecule has 0 aliphatic heterocycles. The summed E-state index contributed by atoms with van der Waals surface area (Å²) < 4.78 is 5.55. The molecule has 0 heterocycles. The van der Waals surface area contributed by atoms with E-state index in [0.717, 1.165) is 37.2 Å². The van der Waals surface area contributed by atoms with Crippen LogP contribution in [0.1, 0.15) is 38.7 Å². The molecule has 116 valence electrons. The summed E-state index contributed by atoms with van der Waals surface area (Å²) >= 11 is 0. The predicted octanol–water partition coefficient (Wildman–Crippen LogP) is 2.82. The zero-order chi connectivity index (χ0) is 15.2. The van der Waals surface area contributed by atoms with Crippen molar-refractivity contribution >= 4 is 11.6 Å². The molecule has 21 heavy (non-hydrogen) atoms. The Morgan fingerprint density at radius 2 is 2.05 bits per heavy atom. The molecule has 1 aromatic carbocycles. The monoisotopic (exact) mass is 290 g/mol. The highest BCUT2D eigenvalue weighted by Gasteiger charge is 2.32. The highest BCUT2D eigenvalue weighted by Crippen LogP contribution is 2.33. The third kappa shape index (κ3) is 4.21. The van der Waals surface area contributed by atoms with Crippen LogP contribution in [0.4, 0.5) is 5.69 Å². The SMILES string of the molecule is CCOC1CC(CC(=O)N(CC)Cc2ccccc2N)C1. The molecule has 0 bridgehead atoms. The molecule has 0 atom stereocenters. The lowest BCUT2D eigenvalue weighted by atomic mass is 9.79. The van der Waals surface area contributed by atoms with E-state index in [1.165, 1.54) is 0 Å². The van der Waals surface area contributed by atoms with Gasteiger partial charge >= 0.3 is 0 Å². The summed E-state index contributed by atoms with van der Waals surface area (Å²) in [6.07, 6.45) is 3.03. The summed E-state index contributed by atoms with van der Waals surface area (Å²) in [7, 11) is 0. The van der Waals surface area contributed by atoms with Gasteiger partial charge in [-0.05, 0) is 44.2 Å². The number of nitrogen functional groups attached to an aromatic ring is 1. The first kappa shape index (κ1) is 15.8. The molecule has 1 saturated carbocycles. The number of hydrogen-bond acceptors (Lipinski definition) is 3. The Hall–Kier alpha value is -1.55. The summed E-state index contributed by atoms with van der Waals surface area (Å²) in [5.74, 6) is 0.705. The molecule has 0 saturated heterocycles.